The van der Waals surface area contributed by atoms with Crippen molar-refractivity contribution in [2.75, 3.05) is 14.1 Å². The summed E-state index contributed by atoms with van der Waals surface area (Å²) in [6.07, 6.45) is 5.64. The van der Waals surface area contributed by atoms with Gasteiger partial charge >= 0.3 is 0 Å². The van der Waals surface area contributed by atoms with Crippen LogP contribution in [0.4, 0.5) is 0 Å². The smallest absolute Gasteiger partial charge is 0.161 e. The minimum absolute atomic E-state index is 0.288. The van der Waals surface area contributed by atoms with E-state index in [1.807, 2.05) is 28.7 Å². The highest BCUT2D eigenvalue weighted by molar-refractivity contribution is 7.10. The molecule has 0 radical (unpaired) electrons. The van der Waals surface area contributed by atoms with E-state index in [9.17, 15) is 0 Å². The van der Waals surface area contributed by atoms with Gasteiger partial charge in [0.25, 0.3) is 0 Å². The highest BCUT2D eigenvalue weighted by atomic mass is 32.1. The minimum Gasteiger partial charge on any atom is -0.333 e. The quantitative estimate of drug-likeness (QED) is 0.725. The normalized spacial score (nSPS) is 13.0. The summed E-state index contributed by atoms with van der Waals surface area (Å²) in [7, 11) is 6.15. The van der Waals surface area contributed by atoms with Gasteiger partial charge in [-0.15, -0.1) is 16.4 Å². The Kier molecular flexibility index (Phi) is 4.08. The fourth-order valence-electron chi connectivity index (χ4n) is 2.49. The first-order valence-corrected chi connectivity index (χ1v) is 8.02. The molecule has 0 spiro atoms. The van der Waals surface area contributed by atoms with Gasteiger partial charge < -0.3 is 4.57 Å². The summed E-state index contributed by atoms with van der Waals surface area (Å²) in [5.41, 5.74) is 2.13. The molecule has 3 rings (SSSR count). The van der Waals surface area contributed by atoms with Crippen LogP contribution in [0.3, 0.4) is 0 Å². The first kappa shape index (κ1) is 14.9. The molecule has 0 unspecified atom stereocenters. The summed E-state index contributed by atoms with van der Waals surface area (Å²) in [4.78, 5) is 7.91. The van der Waals surface area contributed by atoms with E-state index >= 15 is 0 Å². The number of aryl methyl sites for hydroxylation is 2. The van der Waals surface area contributed by atoms with Gasteiger partial charge in [0, 0.05) is 24.3 Å². The molecular formula is C15H20N6S. The number of thiophene rings is 1. The Morgan fingerprint density at radius 1 is 1.36 bits per heavy atom. The molecule has 0 aromatic carbocycles. The van der Waals surface area contributed by atoms with Gasteiger partial charge in [-0.05, 0) is 38.0 Å². The topological polar surface area (TPSA) is 51.8 Å². The third-order valence-electron chi connectivity index (χ3n) is 3.78. The van der Waals surface area contributed by atoms with Gasteiger partial charge in [-0.1, -0.05) is 5.21 Å². The maximum atomic E-state index is 4.32. The van der Waals surface area contributed by atoms with Gasteiger partial charge in [-0.25, -0.2) is 9.67 Å². The van der Waals surface area contributed by atoms with Gasteiger partial charge in [0.15, 0.2) is 5.82 Å². The van der Waals surface area contributed by atoms with Crippen LogP contribution >= 0.6 is 11.3 Å². The fraction of sp³-hybridized carbons (Fsp3) is 0.400. The molecule has 0 fully saturated rings. The predicted octanol–water partition coefficient (Wildman–Crippen LogP) is 2.35. The average molecular weight is 316 g/mol. The summed E-state index contributed by atoms with van der Waals surface area (Å²) >= 11 is 1.79. The Morgan fingerprint density at radius 2 is 2.18 bits per heavy atom. The molecule has 0 aliphatic rings. The molecule has 0 aliphatic carbocycles. The van der Waals surface area contributed by atoms with E-state index in [1.165, 1.54) is 10.4 Å². The molecule has 0 amide bonds. The first-order valence-electron chi connectivity index (χ1n) is 7.14. The van der Waals surface area contributed by atoms with Gasteiger partial charge in [0.1, 0.15) is 5.69 Å². The molecule has 0 saturated carbocycles. The number of rotatable bonds is 5. The standard InChI is InChI=1S/C15H20N6S/c1-11-5-8-22-14(11)13(19(2)3)10-21-9-12(17-18-21)15-16-6-7-20(15)4/h5-9,13H,10H2,1-4H3/t13-/m0/s1. The SMILES string of the molecule is Cc1ccsc1[C@H](Cn1cc(-c2nccn2C)nn1)N(C)C. The Hall–Kier alpha value is -1.99. The van der Waals surface area contributed by atoms with Crippen molar-refractivity contribution in [2.45, 2.75) is 19.5 Å². The van der Waals surface area contributed by atoms with Crippen LogP contribution in [0.5, 0.6) is 0 Å². The van der Waals surface area contributed by atoms with E-state index in [0.717, 1.165) is 18.1 Å². The van der Waals surface area contributed by atoms with E-state index in [2.05, 4.69) is 52.7 Å². The highest BCUT2D eigenvalue weighted by Crippen LogP contribution is 2.28. The molecule has 1 atom stereocenters. The summed E-state index contributed by atoms with van der Waals surface area (Å²) < 4.78 is 3.84. The largest absolute Gasteiger partial charge is 0.333 e. The van der Waals surface area contributed by atoms with E-state index in [0.29, 0.717) is 0 Å². The van der Waals surface area contributed by atoms with Crippen molar-refractivity contribution in [3.63, 3.8) is 0 Å². The van der Waals surface area contributed by atoms with Crippen LogP contribution < -0.4 is 0 Å². The lowest BCUT2D eigenvalue weighted by molar-refractivity contribution is 0.262. The second kappa shape index (κ2) is 6.02. The number of likely N-dealkylation sites (N-methyl/N-ethyl adjacent to an activating group) is 1. The Labute approximate surface area is 134 Å². The van der Waals surface area contributed by atoms with Gasteiger partial charge in [-0.2, -0.15) is 0 Å². The van der Waals surface area contributed by atoms with Crippen LogP contribution in [0.15, 0.2) is 30.0 Å². The predicted molar refractivity (Wildman–Crippen MR) is 87.7 cm³/mol. The Morgan fingerprint density at radius 3 is 2.77 bits per heavy atom. The molecule has 0 aliphatic heterocycles. The van der Waals surface area contributed by atoms with Crippen LogP contribution in [-0.4, -0.2) is 43.5 Å². The Balaban J connectivity index is 1.84. The molecule has 116 valence electrons. The van der Waals surface area contributed by atoms with Gasteiger partial charge in [0.2, 0.25) is 0 Å². The van der Waals surface area contributed by atoms with Gasteiger partial charge in [0.05, 0.1) is 18.8 Å². The lowest BCUT2D eigenvalue weighted by atomic mass is 10.1. The highest BCUT2D eigenvalue weighted by Gasteiger charge is 2.19. The summed E-state index contributed by atoms with van der Waals surface area (Å²) in [5.74, 6) is 0.833. The first-order chi connectivity index (χ1) is 10.6. The molecule has 3 heterocycles. The minimum atomic E-state index is 0.288. The van der Waals surface area contributed by atoms with Crippen LogP contribution in [0.25, 0.3) is 11.5 Å². The van der Waals surface area contributed by atoms with Crippen LogP contribution in [-0.2, 0) is 13.6 Å². The average Bonchev–Trinajstić information content (AvgIpc) is 3.17. The Bertz CT molecular complexity index is 754. The second-order valence-corrected chi connectivity index (χ2v) is 6.58. The number of nitrogens with zero attached hydrogens (tertiary/aromatic N) is 6. The number of aromatic nitrogens is 5. The maximum Gasteiger partial charge on any atom is 0.161 e. The van der Waals surface area contributed by atoms with Crippen molar-refractivity contribution in [2.24, 2.45) is 7.05 Å². The van der Waals surface area contributed by atoms with E-state index in [1.54, 1.807) is 17.5 Å². The third-order valence-corrected chi connectivity index (χ3v) is 4.90. The van der Waals surface area contributed by atoms with Crippen LogP contribution in [0.1, 0.15) is 16.5 Å². The van der Waals surface area contributed by atoms with Crippen molar-refractivity contribution >= 4 is 11.3 Å². The zero-order valence-corrected chi connectivity index (χ0v) is 14.1. The van der Waals surface area contributed by atoms with E-state index < -0.39 is 0 Å². The number of hydrogen-bond acceptors (Lipinski definition) is 5. The second-order valence-electron chi connectivity index (χ2n) is 5.63. The third kappa shape index (κ3) is 2.82. The zero-order chi connectivity index (χ0) is 15.7. The van der Waals surface area contributed by atoms with Gasteiger partial charge in [-0.3, -0.25) is 4.90 Å². The number of hydrogen-bond donors (Lipinski definition) is 0. The van der Waals surface area contributed by atoms with E-state index in [-0.39, 0.29) is 6.04 Å². The molecule has 0 saturated heterocycles. The molecule has 3 aromatic heterocycles. The lowest BCUT2D eigenvalue weighted by Crippen LogP contribution is -2.24. The van der Waals surface area contributed by atoms with E-state index in [4.69, 9.17) is 0 Å². The molecule has 22 heavy (non-hydrogen) atoms. The van der Waals surface area contributed by atoms with Crippen molar-refractivity contribution < 1.29 is 0 Å². The van der Waals surface area contributed by atoms with Crippen LogP contribution in [0, 0.1) is 6.92 Å². The van der Waals surface area contributed by atoms with Crippen molar-refractivity contribution in [3.05, 3.63) is 40.5 Å². The maximum absolute atomic E-state index is 4.32. The summed E-state index contributed by atoms with van der Waals surface area (Å²) in [5, 5.41) is 10.7. The molecular weight excluding hydrogens is 296 g/mol. The number of imidazole rings is 1. The van der Waals surface area contributed by atoms with Crippen molar-refractivity contribution in [1.82, 2.24) is 29.4 Å². The molecule has 0 N–H and O–H groups in total. The van der Waals surface area contributed by atoms with Crippen molar-refractivity contribution in [3.8, 4) is 11.5 Å². The molecule has 7 heteroatoms. The molecule has 3 aromatic rings. The zero-order valence-electron chi connectivity index (χ0n) is 13.3. The van der Waals surface area contributed by atoms with Crippen molar-refractivity contribution in [1.29, 1.82) is 0 Å². The lowest BCUT2D eigenvalue weighted by Gasteiger charge is -2.23. The van der Waals surface area contributed by atoms with Crippen LogP contribution in [0.2, 0.25) is 0 Å². The summed E-state index contributed by atoms with van der Waals surface area (Å²) in [6, 6.07) is 2.45. The summed E-state index contributed by atoms with van der Waals surface area (Å²) in [6.45, 7) is 2.93. The fourth-order valence-corrected chi connectivity index (χ4v) is 3.60. The molecule has 6 nitrogen and oxygen atoms in total. The monoisotopic (exact) mass is 316 g/mol. The molecule has 0 bridgehead atoms.